The van der Waals surface area contributed by atoms with E-state index in [1.807, 2.05) is 0 Å². The zero-order valence-electron chi connectivity index (χ0n) is 13.5. The van der Waals surface area contributed by atoms with E-state index in [9.17, 15) is 0 Å². The highest BCUT2D eigenvalue weighted by molar-refractivity contribution is 5.40. The topological polar surface area (TPSA) is 28.6 Å². The zero-order chi connectivity index (χ0) is 14.8. The normalized spacial score (nSPS) is 25.2. The first kappa shape index (κ1) is 14.5. The molecule has 1 saturated carbocycles. The molecular weight excluding hydrogens is 274 g/mol. The average molecular weight is 301 g/mol. The van der Waals surface area contributed by atoms with Gasteiger partial charge >= 0.3 is 0 Å². The predicted octanol–water partition coefficient (Wildman–Crippen LogP) is 2.83. The minimum atomic E-state index is 0.168. The number of hydrogen-bond donors (Lipinski definition) is 0. The molecule has 4 rings (SSSR count). The maximum Gasteiger partial charge on any atom is 0.128 e. The fourth-order valence-electron chi connectivity index (χ4n) is 4.28. The number of anilines is 1. The van der Waals surface area contributed by atoms with Crippen molar-refractivity contribution in [2.45, 2.75) is 50.7 Å². The smallest absolute Gasteiger partial charge is 0.128 e. The van der Waals surface area contributed by atoms with Gasteiger partial charge in [-0.15, -0.1) is 0 Å². The second kappa shape index (κ2) is 6.17. The number of morpholine rings is 1. The molecule has 3 fully saturated rings. The molecule has 2 aliphatic heterocycles. The highest BCUT2D eigenvalue weighted by atomic mass is 16.5. The number of rotatable bonds is 3. The summed E-state index contributed by atoms with van der Waals surface area (Å²) < 4.78 is 6.12. The van der Waals surface area contributed by atoms with Crippen molar-refractivity contribution in [3.63, 3.8) is 0 Å². The molecule has 0 N–H and O–H groups in total. The van der Waals surface area contributed by atoms with E-state index in [2.05, 4.69) is 33.1 Å². The van der Waals surface area contributed by atoms with Crippen LogP contribution in [0.3, 0.4) is 0 Å². The Kier molecular flexibility index (Phi) is 4.05. The van der Waals surface area contributed by atoms with Gasteiger partial charge in [-0.3, -0.25) is 4.90 Å². The number of hydrogen-bond acceptors (Lipinski definition) is 4. The molecule has 4 heteroatoms. The molecule has 3 heterocycles. The second-order valence-electron chi connectivity index (χ2n) is 7.17. The van der Waals surface area contributed by atoms with Crippen LogP contribution in [0.15, 0.2) is 18.3 Å². The predicted molar refractivity (Wildman–Crippen MR) is 88.1 cm³/mol. The quantitative estimate of drug-likeness (QED) is 0.858. The van der Waals surface area contributed by atoms with E-state index in [0.29, 0.717) is 0 Å². The lowest BCUT2D eigenvalue weighted by molar-refractivity contribution is -0.107. The zero-order valence-corrected chi connectivity index (χ0v) is 13.5. The van der Waals surface area contributed by atoms with E-state index in [0.717, 1.165) is 32.1 Å². The summed E-state index contributed by atoms with van der Waals surface area (Å²) in [6.07, 6.45) is 9.84. The molecule has 1 aliphatic carbocycles. The molecule has 1 aromatic rings. The molecule has 2 saturated heterocycles. The summed E-state index contributed by atoms with van der Waals surface area (Å²) >= 11 is 0. The molecule has 0 unspecified atom stereocenters. The lowest BCUT2D eigenvalue weighted by Crippen LogP contribution is -2.49. The maximum absolute atomic E-state index is 6.12. The molecule has 120 valence electrons. The van der Waals surface area contributed by atoms with Crippen molar-refractivity contribution in [3.05, 3.63) is 23.9 Å². The first-order valence-electron chi connectivity index (χ1n) is 8.89. The number of nitrogens with zero attached hydrogens (tertiary/aromatic N) is 3. The van der Waals surface area contributed by atoms with Crippen LogP contribution in [0.5, 0.6) is 0 Å². The fourth-order valence-corrected chi connectivity index (χ4v) is 4.28. The van der Waals surface area contributed by atoms with Gasteiger partial charge in [-0.25, -0.2) is 4.98 Å². The van der Waals surface area contributed by atoms with E-state index >= 15 is 0 Å². The third kappa shape index (κ3) is 2.99. The summed E-state index contributed by atoms with van der Waals surface area (Å²) in [5.41, 5.74) is 1.50. The van der Waals surface area contributed by atoms with Gasteiger partial charge in [0.1, 0.15) is 5.82 Å². The van der Waals surface area contributed by atoms with E-state index in [-0.39, 0.29) is 5.60 Å². The molecular formula is C18H27N3O. The van der Waals surface area contributed by atoms with Crippen molar-refractivity contribution in [1.82, 2.24) is 9.88 Å². The van der Waals surface area contributed by atoms with Crippen molar-refractivity contribution in [2.75, 3.05) is 37.7 Å². The Morgan fingerprint density at radius 1 is 1.05 bits per heavy atom. The SMILES string of the molecule is c1cc(N2CCCC2)ncc1CN1CCOC2(CCCC2)C1. The molecule has 1 spiro atoms. The van der Waals surface area contributed by atoms with Crippen molar-refractivity contribution in [2.24, 2.45) is 0 Å². The van der Waals surface area contributed by atoms with Crippen LogP contribution in [0.1, 0.15) is 44.1 Å². The van der Waals surface area contributed by atoms with Gasteiger partial charge in [0.05, 0.1) is 12.2 Å². The Labute approximate surface area is 133 Å². The standard InChI is InChI=1S/C18H27N3O/c1-2-8-18(7-1)15-20(11-12-22-18)14-16-5-6-17(19-13-16)21-9-3-4-10-21/h5-6,13H,1-4,7-12,14-15H2. The molecule has 0 radical (unpaired) electrons. The Bertz CT molecular complexity index is 490. The fraction of sp³-hybridized carbons (Fsp3) is 0.722. The van der Waals surface area contributed by atoms with Crippen LogP contribution >= 0.6 is 0 Å². The van der Waals surface area contributed by atoms with Gasteiger partial charge in [-0.1, -0.05) is 18.9 Å². The highest BCUT2D eigenvalue weighted by Gasteiger charge is 2.39. The number of ether oxygens (including phenoxy) is 1. The van der Waals surface area contributed by atoms with Gasteiger partial charge in [0, 0.05) is 38.9 Å². The van der Waals surface area contributed by atoms with E-state index in [1.165, 1.54) is 57.2 Å². The van der Waals surface area contributed by atoms with E-state index < -0.39 is 0 Å². The van der Waals surface area contributed by atoms with E-state index in [1.54, 1.807) is 0 Å². The lowest BCUT2D eigenvalue weighted by atomic mass is 9.99. The minimum absolute atomic E-state index is 0.168. The van der Waals surface area contributed by atoms with Crippen LogP contribution in [-0.4, -0.2) is 48.3 Å². The van der Waals surface area contributed by atoms with Crippen molar-refractivity contribution in [1.29, 1.82) is 0 Å². The van der Waals surface area contributed by atoms with Crippen LogP contribution in [0, 0.1) is 0 Å². The average Bonchev–Trinajstić information content (AvgIpc) is 3.21. The maximum atomic E-state index is 6.12. The monoisotopic (exact) mass is 301 g/mol. The lowest BCUT2D eigenvalue weighted by Gasteiger charge is -2.40. The molecule has 22 heavy (non-hydrogen) atoms. The molecule has 0 aromatic carbocycles. The van der Waals surface area contributed by atoms with Crippen molar-refractivity contribution >= 4 is 5.82 Å². The van der Waals surface area contributed by atoms with Crippen LogP contribution in [-0.2, 0) is 11.3 Å². The Morgan fingerprint density at radius 3 is 2.59 bits per heavy atom. The number of pyridine rings is 1. The summed E-state index contributed by atoms with van der Waals surface area (Å²) in [5, 5.41) is 0. The third-order valence-corrected chi connectivity index (χ3v) is 5.49. The molecule has 0 atom stereocenters. The van der Waals surface area contributed by atoms with Crippen molar-refractivity contribution in [3.8, 4) is 0 Å². The molecule has 1 aromatic heterocycles. The summed E-state index contributed by atoms with van der Waals surface area (Å²) in [5.74, 6) is 1.15. The first-order chi connectivity index (χ1) is 10.8. The largest absolute Gasteiger partial charge is 0.372 e. The number of aromatic nitrogens is 1. The van der Waals surface area contributed by atoms with Gasteiger partial charge in [0.2, 0.25) is 0 Å². The van der Waals surface area contributed by atoms with Crippen LogP contribution < -0.4 is 4.90 Å². The molecule has 0 bridgehead atoms. The van der Waals surface area contributed by atoms with Gasteiger partial charge < -0.3 is 9.64 Å². The molecule has 0 amide bonds. The van der Waals surface area contributed by atoms with Crippen LogP contribution in [0.25, 0.3) is 0 Å². The summed E-state index contributed by atoms with van der Waals surface area (Å²) in [6, 6.07) is 4.46. The van der Waals surface area contributed by atoms with Gasteiger partial charge in [-0.05, 0) is 37.3 Å². The van der Waals surface area contributed by atoms with Gasteiger partial charge in [-0.2, -0.15) is 0 Å². The van der Waals surface area contributed by atoms with Gasteiger partial charge in [0.15, 0.2) is 0 Å². The summed E-state index contributed by atoms with van der Waals surface area (Å²) in [7, 11) is 0. The second-order valence-corrected chi connectivity index (χ2v) is 7.17. The Balaban J connectivity index is 1.38. The minimum Gasteiger partial charge on any atom is -0.372 e. The Morgan fingerprint density at radius 2 is 1.86 bits per heavy atom. The highest BCUT2D eigenvalue weighted by Crippen LogP contribution is 2.36. The van der Waals surface area contributed by atoms with Crippen LogP contribution in [0.4, 0.5) is 5.82 Å². The first-order valence-corrected chi connectivity index (χ1v) is 8.89. The summed E-state index contributed by atoms with van der Waals surface area (Å²) in [4.78, 5) is 9.63. The Hall–Kier alpha value is -1.13. The summed E-state index contributed by atoms with van der Waals surface area (Å²) in [6.45, 7) is 6.38. The van der Waals surface area contributed by atoms with Crippen molar-refractivity contribution < 1.29 is 4.74 Å². The van der Waals surface area contributed by atoms with Gasteiger partial charge in [0.25, 0.3) is 0 Å². The third-order valence-electron chi connectivity index (χ3n) is 5.49. The van der Waals surface area contributed by atoms with Crippen LogP contribution in [0.2, 0.25) is 0 Å². The molecule has 4 nitrogen and oxygen atoms in total. The van der Waals surface area contributed by atoms with E-state index in [4.69, 9.17) is 4.74 Å². The molecule has 3 aliphatic rings.